The minimum atomic E-state index is -4.85. The fourth-order valence-electron chi connectivity index (χ4n) is 5.83. The lowest BCUT2D eigenvalue weighted by Crippen LogP contribution is -2.49. The monoisotopic (exact) mass is 621 g/mol. The molecule has 12 heteroatoms. The van der Waals surface area contributed by atoms with Gasteiger partial charge in [-0.1, -0.05) is 54.6 Å². The molecule has 2 aliphatic rings. The Morgan fingerprint density at radius 3 is 2.29 bits per heavy atom. The van der Waals surface area contributed by atoms with Gasteiger partial charge in [-0.05, 0) is 35.2 Å². The van der Waals surface area contributed by atoms with Crippen LogP contribution in [0.3, 0.4) is 0 Å². The first kappa shape index (κ1) is 30.3. The topological polar surface area (TPSA) is 82.8 Å². The molecule has 6 rings (SSSR count). The van der Waals surface area contributed by atoms with E-state index < -0.39 is 29.2 Å². The van der Waals surface area contributed by atoms with E-state index in [9.17, 15) is 27.2 Å². The smallest absolute Gasteiger partial charge is 0.420 e. The molecule has 2 fully saturated rings. The van der Waals surface area contributed by atoms with Crippen LogP contribution in [0, 0.1) is 5.82 Å². The van der Waals surface area contributed by atoms with E-state index >= 15 is 0 Å². The lowest BCUT2D eigenvalue weighted by molar-refractivity contribution is -0.141. The summed E-state index contributed by atoms with van der Waals surface area (Å²) in [5, 5.41) is 0. The summed E-state index contributed by atoms with van der Waals surface area (Å²) >= 11 is 0. The molecule has 0 aliphatic carbocycles. The third-order valence-electron chi connectivity index (χ3n) is 8.30. The Balaban J connectivity index is 1.07. The summed E-state index contributed by atoms with van der Waals surface area (Å²) in [6, 6.07) is 19.1. The molecule has 8 nitrogen and oxygen atoms in total. The maximum absolute atomic E-state index is 13.9. The highest BCUT2D eigenvalue weighted by Gasteiger charge is 2.42. The van der Waals surface area contributed by atoms with Crippen molar-refractivity contribution in [3.63, 3.8) is 0 Å². The number of benzene rings is 2. The summed E-state index contributed by atoms with van der Waals surface area (Å²) in [6.07, 6.45) is -3.02. The predicted octanol–water partition coefficient (Wildman–Crippen LogP) is 5.54. The summed E-state index contributed by atoms with van der Waals surface area (Å²) in [7, 11) is 0. The van der Waals surface area contributed by atoms with Gasteiger partial charge in [-0.2, -0.15) is 18.2 Å². The molecule has 234 valence electrons. The molecule has 2 aromatic carbocycles. The number of hydrogen-bond donors (Lipinski definition) is 0. The van der Waals surface area contributed by atoms with Crippen LogP contribution in [0.4, 0.5) is 29.4 Å². The number of ketones is 1. The first-order valence-corrected chi connectivity index (χ1v) is 14.8. The number of Topliss-reactive ketones (excluding diaryl/α,β-unsaturated/α-hetero) is 1. The van der Waals surface area contributed by atoms with Crippen molar-refractivity contribution in [2.24, 2.45) is 0 Å². The molecule has 2 aromatic heterocycles. The maximum Gasteiger partial charge on any atom is 0.437 e. The molecule has 0 unspecified atom stereocenters. The van der Waals surface area contributed by atoms with Crippen molar-refractivity contribution >= 4 is 23.5 Å². The van der Waals surface area contributed by atoms with Crippen molar-refractivity contribution in [3.05, 3.63) is 107 Å². The van der Waals surface area contributed by atoms with Gasteiger partial charge in [0.1, 0.15) is 11.6 Å². The molecule has 0 spiro atoms. The number of hydrogen-bond acceptors (Lipinski definition) is 7. The Hall–Kier alpha value is -4.74. The van der Waals surface area contributed by atoms with Gasteiger partial charge in [-0.3, -0.25) is 9.59 Å². The number of anilines is 2. The highest BCUT2D eigenvalue weighted by Crippen LogP contribution is 2.37. The van der Waals surface area contributed by atoms with E-state index in [2.05, 4.69) is 9.97 Å². The molecule has 0 radical (unpaired) electrons. The van der Waals surface area contributed by atoms with Crippen molar-refractivity contribution in [2.75, 3.05) is 49.1 Å². The fraction of sp³-hybridized carbons (Fsp3) is 0.333. The number of rotatable bonds is 8. The van der Waals surface area contributed by atoms with Gasteiger partial charge in [0.25, 0.3) is 6.01 Å². The Bertz CT molecular complexity index is 1650. The maximum atomic E-state index is 13.9. The zero-order chi connectivity index (χ0) is 31.6. The van der Waals surface area contributed by atoms with Crippen LogP contribution < -0.4 is 9.80 Å². The number of oxazole rings is 1. The molecule has 1 atom stereocenters. The lowest BCUT2D eigenvalue weighted by Gasteiger charge is -2.35. The Morgan fingerprint density at radius 2 is 1.60 bits per heavy atom. The first-order valence-electron chi connectivity index (χ1n) is 14.8. The summed E-state index contributed by atoms with van der Waals surface area (Å²) in [6.45, 7) is 2.79. The van der Waals surface area contributed by atoms with Crippen molar-refractivity contribution in [1.82, 2.24) is 14.9 Å². The van der Waals surface area contributed by atoms with Gasteiger partial charge in [0.2, 0.25) is 17.5 Å². The van der Waals surface area contributed by atoms with Gasteiger partial charge in [0, 0.05) is 57.8 Å². The number of aromatic nitrogens is 2. The number of piperazine rings is 1. The second kappa shape index (κ2) is 12.7. The van der Waals surface area contributed by atoms with Crippen LogP contribution in [0.25, 0.3) is 0 Å². The molecule has 0 bridgehead atoms. The molecule has 4 aromatic rings. The second-order valence-corrected chi connectivity index (χ2v) is 11.3. The predicted molar refractivity (Wildman–Crippen MR) is 159 cm³/mol. The fourth-order valence-corrected chi connectivity index (χ4v) is 5.83. The zero-order valence-electron chi connectivity index (χ0n) is 24.3. The largest absolute Gasteiger partial charge is 0.437 e. The number of carbonyl (C=O) groups is 2. The van der Waals surface area contributed by atoms with Crippen LogP contribution in [0.15, 0.2) is 77.3 Å². The quantitative estimate of drug-likeness (QED) is 0.189. The standard InChI is InChI=1S/C33H31F4N5O3/c34-26-9-5-4-8-24(26)19-29(44)41-16-14-40(15-17-41)28-11-10-22(20-38-28)18-27(43)30-31(33(35,36)37)39-32(45-30)42-13-12-25(21-42)23-6-2-1-3-7-23/h1-11,20,25H,12-19,21H2/t25-/m1/s1. The van der Waals surface area contributed by atoms with Gasteiger partial charge in [-0.25, -0.2) is 9.37 Å². The number of halogens is 4. The summed E-state index contributed by atoms with van der Waals surface area (Å²) < 4.78 is 61.1. The number of amides is 1. The molecule has 1 amide bonds. The van der Waals surface area contributed by atoms with Gasteiger partial charge in [-0.15, -0.1) is 0 Å². The molecule has 45 heavy (non-hydrogen) atoms. The van der Waals surface area contributed by atoms with E-state index in [4.69, 9.17) is 4.42 Å². The van der Waals surface area contributed by atoms with E-state index in [0.717, 1.165) is 12.0 Å². The van der Waals surface area contributed by atoms with E-state index in [0.29, 0.717) is 56.2 Å². The van der Waals surface area contributed by atoms with Crippen molar-refractivity contribution in [1.29, 1.82) is 0 Å². The highest BCUT2D eigenvalue weighted by molar-refractivity contribution is 5.96. The minimum Gasteiger partial charge on any atom is -0.420 e. The SMILES string of the molecule is O=C(Cc1ccc(N2CCN(C(=O)Cc3ccccc3F)CC2)nc1)c1oc(N2CC[C@@H](c3ccccc3)C2)nc1C(F)(F)F. The summed E-state index contributed by atoms with van der Waals surface area (Å²) in [5.74, 6) is -1.46. The molecule has 2 saturated heterocycles. The third kappa shape index (κ3) is 6.84. The zero-order valence-corrected chi connectivity index (χ0v) is 24.3. The molecular weight excluding hydrogens is 590 g/mol. The van der Waals surface area contributed by atoms with E-state index in [1.54, 1.807) is 40.1 Å². The molecular formula is C33H31F4N5O3. The van der Waals surface area contributed by atoms with Gasteiger partial charge < -0.3 is 19.1 Å². The van der Waals surface area contributed by atoms with E-state index in [-0.39, 0.29) is 30.7 Å². The van der Waals surface area contributed by atoms with Crippen molar-refractivity contribution in [2.45, 2.75) is 31.4 Å². The van der Waals surface area contributed by atoms with Crippen LogP contribution in [-0.2, 0) is 23.8 Å². The molecule has 0 N–H and O–H groups in total. The van der Waals surface area contributed by atoms with Crippen LogP contribution in [0.5, 0.6) is 0 Å². The van der Waals surface area contributed by atoms with Crippen LogP contribution in [0.2, 0.25) is 0 Å². The number of pyridine rings is 1. The van der Waals surface area contributed by atoms with Crippen LogP contribution >= 0.6 is 0 Å². The van der Waals surface area contributed by atoms with Gasteiger partial charge in [0.15, 0.2) is 5.69 Å². The lowest BCUT2D eigenvalue weighted by atomic mass is 9.99. The molecule has 0 saturated carbocycles. The summed E-state index contributed by atoms with van der Waals surface area (Å²) in [5.41, 5.74) is 0.551. The van der Waals surface area contributed by atoms with Gasteiger partial charge >= 0.3 is 6.18 Å². The second-order valence-electron chi connectivity index (χ2n) is 11.3. The highest BCUT2D eigenvalue weighted by atomic mass is 19.4. The Kier molecular flexibility index (Phi) is 8.55. The van der Waals surface area contributed by atoms with Gasteiger partial charge in [0.05, 0.1) is 6.42 Å². The average molecular weight is 622 g/mol. The van der Waals surface area contributed by atoms with E-state index in [1.165, 1.54) is 12.3 Å². The first-order chi connectivity index (χ1) is 21.7. The van der Waals surface area contributed by atoms with E-state index in [1.807, 2.05) is 35.2 Å². The number of nitrogens with zero attached hydrogens (tertiary/aromatic N) is 5. The number of carbonyl (C=O) groups excluding carboxylic acids is 2. The average Bonchev–Trinajstić information content (AvgIpc) is 3.72. The summed E-state index contributed by atoms with van der Waals surface area (Å²) in [4.78, 5) is 39.2. The molecule has 2 aliphatic heterocycles. The van der Waals surface area contributed by atoms with Crippen LogP contribution in [0.1, 0.15) is 45.3 Å². The van der Waals surface area contributed by atoms with Crippen molar-refractivity contribution in [3.8, 4) is 0 Å². The Morgan fingerprint density at radius 1 is 0.867 bits per heavy atom. The van der Waals surface area contributed by atoms with Crippen molar-refractivity contribution < 1.29 is 31.6 Å². The molecule has 4 heterocycles. The number of alkyl halides is 3. The minimum absolute atomic E-state index is 0.0113. The third-order valence-corrected chi connectivity index (χ3v) is 8.30. The van der Waals surface area contributed by atoms with Crippen LogP contribution in [-0.4, -0.2) is 65.8 Å². The Labute approximate surface area is 257 Å². The normalized spacial score (nSPS) is 17.2.